The quantitative estimate of drug-likeness (QED) is 0.758. The third-order valence-electron chi connectivity index (χ3n) is 3.14. The van der Waals surface area contributed by atoms with Crippen LogP contribution >= 0.6 is 11.6 Å². The Kier molecular flexibility index (Phi) is 3.41. The Balaban J connectivity index is 2.48. The Morgan fingerprint density at radius 2 is 2.28 bits per heavy atom. The third kappa shape index (κ3) is 2.02. The highest BCUT2D eigenvalue weighted by Gasteiger charge is 2.39. The van der Waals surface area contributed by atoms with E-state index in [1.54, 1.807) is 13.8 Å². The molecule has 98 valence electrons. The highest BCUT2D eigenvalue weighted by molar-refractivity contribution is 6.30. The Morgan fingerprint density at radius 1 is 1.56 bits per heavy atom. The maximum Gasteiger partial charge on any atom is 0.245 e. The van der Waals surface area contributed by atoms with E-state index in [4.69, 9.17) is 11.6 Å². The van der Waals surface area contributed by atoms with Gasteiger partial charge in [-0.05, 0) is 13.8 Å². The van der Waals surface area contributed by atoms with Gasteiger partial charge in [-0.2, -0.15) is 0 Å². The van der Waals surface area contributed by atoms with Crippen LogP contribution in [0, 0.1) is 0 Å². The summed E-state index contributed by atoms with van der Waals surface area (Å²) in [5, 5.41) is 12.4. The first-order valence-corrected chi connectivity index (χ1v) is 6.02. The van der Waals surface area contributed by atoms with Gasteiger partial charge < -0.3 is 15.3 Å². The second-order valence-corrected chi connectivity index (χ2v) is 4.95. The summed E-state index contributed by atoms with van der Waals surface area (Å²) in [6.07, 6.45) is 1.33. The van der Waals surface area contributed by atoms with Gasteiger partial charge in [0.1, 0.15) is 22.8 Å². The maximum absolute atomic E-state index is 11.9. The smallest absolute Gasteiger partial charge is 0.245 e. The molecule has 1 aromatic rings. The number of anilines is 1. The number of hydrogen-bond acceptors (Lipinski definition) is 5. The van der Waals surface area contributed by atoms with Crippen molar-refractivity contribution in [1.82, 2.24) is 15.3 Å². The number of halogens is 1. The highest BCUT2D eigenvalue weighted by Crippen LogP contribution is 2.29. The van der Waals surface area contributed by atoms with E-state index in [0.717, 1.165) is 0 Å². The van der Waals surface area contributed by atoms with E-state index < -0.39 is 5.54 Å². The predicted octanol–water partition coefficient (Wildman–Crippen LogP) is 0.337. The molecule has 18 heavy (non-hydrogen) atoms. The van der Waals surface area contributed by atoms with Gasteiger partial charge in [0.15, 0.2) is 0 Å². The molecule has 0 radical (unpaired) electrons. The lowest BCUT2D eigenvalue weighted by atomic mass is 9.98. The molecule has 1 aliphatic heterocycles. The molecule has 0 unspecified atom stereocenters. The second kappa shape index (κ2) is 4.70. The lowest BCUT2D eigenvalue weighted by Gasteiger charge is -2.42. The number of aliphatic hydroxyl groups excluding tert-OH is 1. The monoisotopic (exact) mass is 270 g/mol. The van der Waals surface area contributed by atoms with Crippen molar-refractivity contribution in [3.63, 3.8) is 0 Å². The zero-order valence-corrected chi connectivity index (χ0v) is 11.0. The number of nitrogens with one attached hydrogen (secondary N) is 1. The lowest BCUT2D eigenvalue weighted by molar-refractivity contribution is -0.126. The first-order chi connectivity index (χ1) is 8.48. The number of hydrogen-bond donors (Lipinski definition) is 2. The van der Waals surface area contributed by atoms with Crippen molar-refractivity contribution in [3.8, 4) is 0 Å². The second-order valence-electron chi connectivity index (χ2n) is 4.59. The standard InChI is InChI=1S/C11H15ClN4O2/c1-11(2)10(18)13-3-4-16(11)9-7(5-17)8(12)14-6-15-9/h6,17H,3-5H2,1-2H3,(H,13,18). The minimum Gasteiger partial charge on any atom is -0.391 e. The summed E-state index contributed by atoms with van der Waals surface area (Å²) in [4.78, 5) is 21.7. The third-order valence-corrected chi connectivity index (χ3v) is 3.46. The van der Waals surface area contributed by atoms with Crippen LogP contribution in [0.3, 0.4) is 0 Å². The van der Waals surface area contributed by atoms with Gasteiger partial charge in [-0.25, -0.2) is 9.97 Å². The Bertz CT molecular complexity index is 478. The van der Waals surface area contributed by atoms with Crippen LogP contribution in [0.5, 0.6) is 0 Å². The molecular weight excluding hydrogens is 256 g/mol. The number of carbonyl (C=O) groups excluding carboxylic acids is 1. The first kappa shape index (κ1) is 13.0. The lowest BCUT2D eigenvalue weighted by Crippen LogP contribution is -2.62. The van der Waals surface area contributed by atoms with E-state index in [-0.39, 0.29) is 17.7 Å². The Hall–Kier alpha value is -1.40. The number of aromatic nitrogens is 2. The fourth-order valence-electron chi connectivity index (χ4n) is 2.02. The van der Waals surface area contributed by atoms with E-state index in [1.165, 1.54) is 6.33 Å². The van der Waals surface area contributed by atoms with E-state index in [0.29, 0.717) is 24.5 Å². The van der Waals surface area contributed by atoms with Crippen LogP contribution in [0.1, 0.15) is 19.4 Å². The minimum atomic E-state index is -0.736. The SMILES string of the molecule is CC1(C)C(=O)NCCN1c1ncnc(Cl)c1CO. The van der Waals surface area contributed by atoms with Gasteiger partial charge in [-0.3, -0.25) is 4.79 Å². The molecule has 1 aliphatic rings. The first-order valence-electron chi connectivity index (χ1n) is 5.64. The molecule has 0 saturated carbocycles. The summed E-state index contributed by atoms with van der Waals surface area (Å²) in [6.45, 7) is 4.49. The van der Waals surface area contributed by atoms with Crippen LogP contribution in [0.25, 0.3) is 0 Å². The summed E-state index contributed by atoms with van der Waals surface area (Å²) in [5.74, 6) is 0.435. The number of aliphatic hydroxyl groups is 1. The molecule has 7 heteroatoms. The topological polar surface area (TPSA) is 78.4 Å². The van der Waals surface area contributed by atoms with Crippen molar-refractivity contribution < 1.29 is 9.90 Å². The van der Waals surface area contributed by atoms with Gasteiger partial charge in [-0.15, -0.1) is 0 Å². The van der Waals surface area contributed by atoms with Crippen molar-refractivity contribution >= 4 is 23.3 Å². The molecule has 1 amide bonds. The molecule has 2 N–H and O–H groups in total. The molecule has 2 rings (SSSR count). The molecule has 1 saturated heterocycles. The molecule has 0 bridgehead atoms. The van der Waals surface area contributed by atoms with Crippen LogP contribution in [0.4, 0.5) is 5.82 Å². The summed E-state index contributed by atoms with van der Waals surface area (Å²) in [6, 6.07) is 0. The van der Waals surface area contributed by atoms with Gasteiger partial charge in [0.05, 0.1) is 12.2 Å². The van der Waals surface area contributed by atoms with Crippen LogP contribution in [0.15, 0.2) is 6.33 Å². The number of rotatable bonds is 2. The zero-order valence-electron chi connectivity index (χ0n) is 10.3. The van der Waals surface area contributed by atoms with E-state index in [1.807, 2.05) is 4.90 Å². The van der Waals surface area contributed by atoms with Crippen LogP contribution in [-0.4, -0.2) is 39.6 Å². The van der Waals surface area contributed by atoms with Crippen molar-refractivity contribution in [2.75, 3.05) is 18.0 Å². The van der Waals surface area contributed by atoms with Gasteiger partial charge >= 0.3 is 0 Å². The van der Waals surface area contributed by atoms with Gasteiger partial charge in [0.25, 0.3) is 0 Å². The van der Waals surface area contributed by atoms with Crippen molar-refractivity contribution in [1.29, 1.82) is 0 Å². The molecule has 0 aliphatic carbocycles. The van der Waals surface area contributed by atoms with Crippen LogP contribution in [0.2, 0.25) is 5.15 Å². The summed E-state index contributed by atoms with van der Waals surface area (Å²) >= 11 is 5.94. The van der Waals surface area contributed by atoms with Crippen molar-refractivity contribution in [3.05, 3.63) is 17.0 Å². The van der Waals surface area contributed by atoms with Crippen molar-refractivity contribution in [2.24, 2.45) is 0 Å². The average molecular weight is 271 g/mol. The van der Waals surface area contributed by atoms with E-state index in [2.05, 4.69) is 15.3 Å². The average Bonchev–Trinajstić information content (AvgIpc) is 2.32. The molecule has 1 fully saturated rings. The number of nitrogens with zero attached hydrogens (tertiary/aromatic N) is 3. The van der Waals surface area contributed by atoms with Crippen LogP contribution < -0.4 is 10.2 Å². The number of amides is 1. The largest absolute Gasteiger partial charge is 0.391 e. The maximum atomic E-state index is 11.9. The zero-order chi connectivity index (χ0) is 13.3. The molecule has 2 heterocycles. The summed E-state index contributed by atoms with van der Waals surface area (Å²) in [7, 11) is 0. The molecule has 0 spiro atoms. The highest BCUT2D eigenvalue weighted by atomic mass is 35.5. The molecule has 6 nitrogen and oxygen atoms in total. The minimum absolute atomic E-state index is 0.0765. The fourth-order valence-corrected chi connectivity index (χ4v) is 2.21. The van der Waals surface area contributed by atoms with Crippen molar-refractivity contribution in [2.45, 2.75) is 26.0 Å². The Labute approximate surface area is 110 Å². The molecule has 0 atom stereocenters. The number of piperazine rings is 1. The molecule has 0 aromatic carbocycles. The molecule has 1 aromatic heterocycles. The number of carbonyl (C=O) groups is 1. The molecular formula is C11H15ClN4O2. The van der Waals surface area contributed by atoms with Gasteiger partial charge in [0.2, 0.25) is 5.91 Å². The predicted molar refractivity (Wildman–Crippen MR) is 67.4 cm³/mol. The van der Waals surface area contributed by atoms with E-state index >= 15 is 0 Å². The Morgan fingerprint density at radius 3 is 2.94 bits per heavy atom. The van der Waals surface area contributed by atoms with Gasteiger partial charge in [-0.1, -0.05) is 11.6 Å². The normalized spacial score (nSPS) is 18.7. The van der Waals surface area contributed by atoms with Gasteiger partial charge in [0, 0.05) is 13.1 Å². The van der Waals surface area contributed by atoms with Crippen LogP contribution in [-0.2, 0) is 11.4 Å². The summed E-state index contributed by atoms with van der Waals surface area (Å²) in [5.41, 5.74) is -0.290. The van der Waals surface area contributed by atoms with E-state index in [9.17, 15) is 9.90 Å². The fraction of sp³-hybridized carbons (Fsp3) is 0.545. The summed E-state index contributed by atoms with van der Waals surface area (Å²) < 4.78 is 0.